The maximum atomic E-state index is 11.3. The second-order valence-corrected chi connectivity index (χ2v) is 5.78. The van der Waals surface area contributed by atoms with E-state index < -0.39 is 0 Å². The lowest BCUT2D eigenvalue weighted by molar-refractivity contribution is 0.112. The standard InChI is InChI=1S/C17H13Cl2NO2/c1-22-13-3-5-17-14(7-13)12(10-21)9-20(17)8-11-2-4-15(18)16(19)6-11/h2-7,9-10H,8H2,1H3. The van der Waals surface area contributed by atoms with E-state index >= 15 is 0 Å². The van der Waals surface area contributed by atoms with E-state index in [0.29, 0.717) is 22.2 Å². The highest BCUT2D eigenvalue weighted by molar-refractivity contribution is 6.42. The Morgan fingerprint density at radius 3 is 2.64 bits per heavy atom. The van der Waals surface area contributed by atoms with Gasteiger partial charge in [0.25, 0.3) is 0 Å². The van der Waals surface area contributed by atoms with E-state index in [2.05, 4.69) is 0 Å². The third kappa shape index (κ3) is 2.70. The number of aromatic nitrogens is 1. The van der Waals surface area contributed by atoms with E-state index in [9.17, 15) is 4.79 Å². The first-order chi connectivity index (χ1) is 10.6. The van der Waals surface area contributed by atoms with Crippen LogP contribution in [0.15, 0.2) is 42.6 Å². The zero-order valence-electron chi connectivity index (χ0n) is 11.8. The fraction of sp³-hybridized carbons (Fsp3) is 0.118. The third-order valence-electron chi connectivity index (χ3n) is 3.58. The zero-order valence-corrected chi connectivity index (χ0v) is 13.4. The number of hydrogen-bond acceptors (Lipinski definition) is 2. The van der Waals surface area contributed by atoms with Crippen molar-refractivity contribution in [2.75, 3.05) is 7.11 Å². The van der Waals surface area contributed by atoms with E-state index in [1.54, 1.807) is 13.2 Å². The quantitative estimate of drug-likeness (QED) is 0.641. The molecule has 0 saturated carbocycles. The average Bonchev–Trinajstić information content (AvgIpc) is 2.88. The first kappa shape index (κ1) is 14.9. The second kappa shape index (κ2) is 6.03. The summed E-state index contributed by atoms with van der Waals surface area (Å²) in [5, 5.41) is 1.92. The molecule has 0 radical (unpaired) electrons. The van der Waals surface area contributed by atoms with Crippen LogP contribution >= 0.6 is 23.2 Å². The molecule has 0 unspecified atom stereocenters. The third-order valence-corrected chi connectivity index (χ3v) is 4.32. The molecule has 0 aliphatic carbocycles. The number of methoxy groups -OCH3 is 1. The number of rotatable bonds is 4. The second-order valence-electron chi connectivity index (χ2n) is 4.96. The molecule has 0 amide bonds. The van der Waals surface area contributed by atoms with Crippen molar-refractivity contribution in [1.29, 1.82) is 0 Å². The molecule has 0 saturated heterocycles. The predicted octanol–water partition coefficient (Wildman–Crippen LogP) is 4.82. The SMILES string of the molecule is COc1ccc2c(c1)c(C=O)cn2Cc1ccc(Cl)c(Cl)c1. The molecule has 1 aromatic heterocycles. The van der Waals surface area contributed by atoms with Gasteiger partial charge in [0.2, 0.25) is 0 Å². The monoisotopic (exact) mass is 333 g/mol. The van der Waals surface area contributed by atoms with Crippen LogP contribution in [-0.4, -0.2) is 18.0 Å². The molecule has 0 atom stereocenters. The van der Waals surface area contributed by atoms with E-state index in [0.717, 1.165) is 28.5 Å². The largest absolute Gasteiger partial charge is 0.497 e. The van der Waals surface area contributed by atoms with Crippen LogP contribution in [0.5, 0.6) is 5.75 Å². The Bertz CT molecular complexity index is 855. The predicted molar refractivity (Wildman–Crippen MR) is 89.4 cm³/mol. The molecule has 2 aromatic carbocycles. The van der Waals surface area contributed by atoms with Crippen LogP contribution in [0.3, 0.4) is 0 Å². The van der Waals surface area contributed by atoms with E-state index in [4.69, 9.17) is 27.9 Å². The summed E-state index contributed by atoms with van der Waals surface area (Å²) in [6.07, 6.45) is 2.69. The number of aldehydes is 1. The molecule has 0 aliphatic rings. The number of carbonyl (C=O) groups excluding carboxylic acids is 1. The smallest absolute Gasteiger partial charge is 0.152 e. The molecular formula is C17H13Cl2NO2. The Hall–Kier alpha value is -1.97. The number of benzene rings is 2. The molecule has 3 nitrogen and oxygen atoms in total. The molecule has 0 bridgehead atoms. The fourth-order valence-corrected chi connectivity index (χ4v) is 2.81. The van der Waals surface area contributed by atoms with Crippen LogP contribution in [0.2, 0.25) is 10.0 Å². The number of halogens is 2. The highest BCUT2D eigenvalue weighted by Gasteiger charge is 2.10. The number of nitrogens with zero attached hydrogens (tertiary/aromatic N) is 1. The molecule has 22 heavy (non-hydrogen) atoms. The van der Waals surface area contributed by atoms with Crippen LogP contribution in [0.1, 0.15) is 15.9 Å². The first-order valence-electron chi connectivity index (χ1n) is 6.68. The molecule has 3 aromatic rings. The van der Waals surface area contributed by atoms with Gasteiger partial charge >= 0.3 is 0 Å². The van der Waals surface area contributed by atoms with Gasteiger partial charge in [-0.05, 0) is 35.9 Å². The van der Waals surface area contributed by atoms with Crippen molar-refractivity contribution < 1.29 is 9.53 Å². The Morgan fingerprint density at radius 2 is 1.95 bits per heavy atom. The van der Waals surface area contributed by atoms with Crippen molar-refractivity contribution in [3.05, 3.63) is 63.8 Å². The molecule has 0 spiro atoms. The van der Waals surface area contributed by atoms with E-state index in [1.807, 2.05) is 41.1 Å². The summed E-state index contributed by atoms with van der Waals surface area (Å²) in [4.78, 5) is 11.3. The summed E-state index contributed by atoms with van der Waals surface area (Å²) >= 11 is 12.0. The highest BCUT2D eigenvalue weighted by Crippen LogP contribution is 2.27. The Morgan fingerprint density at radius 1 is 1.14 bits per heavy atom. The van der Waals surface area contributed by atoms with Gasteiger partial charge in [0.05, 0.1) is 17.2 Å². The average molecular weight is 334 g/mol. The molecule has 1 heterocycles. The van der Waals surface area contributed by atoms with Crippen LogP contribution in [0.25, 0.3) is 10.9 Å². The minimum absolute atomic E-state index is 0.521. The summed E-state index contributed by atoms with van der Waals surface area (Å²) in [5.41, 5.74) is 2.61. The maximum absolute atomic E-state index is 11.3. The lowest BCUT2D eigenvalue weighted by Gasteiger charge is -2.07. The molecule has 3 rings (SSSR count). The highest BCUT2D eigenvalue weighted by atomic mass is 35.5. The lowest BCUT2D eigenvalue weighted by atomic mass is 10.2. The normalized spacial score (nSPS) is 10.9. The number of carbonyl (C=O) groups is 1. The van der Waals surface area contributed by atoms with Gasteiger partial charge in [-0.1, -0.05) is 29.3 Å². The number of ether oxygens (including phenoxy) is 1. The van der Waals surface area contributed by atoms with Crippen LogP contribution in [0.4, 0.5) is 0 Å². The van der Waals surface area contributed by atoms with Crippen molar-refractivity contribution >= 4 is 40.4 Å². The zero-order chi connectivity index (χ0) is 15.7. The van der Waals surface area contributed by atoms with Gasteiger partial charge in [-0.2, -0.15) is 0 Å². The summed E-state index contributed by atoms with van der Waals surface area (Å²) in [7, 11) is 1.61. The molecule has 0 aliphatic heterocycles. The van der Waals surface area contributed by atoms with Gasteiger partial charge in [0.1, 0.15) is 5.75 Å². The van der Waals surface area contributed by atoms with Gasteiger partial charge in [-0.15, -0.1) is 0 Å². The van der Waals surface area contributed by atoms with Gasteiger partial charge < -0.3 is 9.30 Å². The van der Waals surface area contributed by atoms with Crippen molar-refractivity contribution in [1.82, 2.24) is 4.57 Å². The molecular weight excluding hydrogens is 321 g/mol. The molecule has 0 fully saturated rings. The summed E-state index contributed by atoms with van der Waals surface area (Å²) < 4.78 is 7.23. The van der Waals surface area contributed by atoms with Crippen molar-refractivity contribution in [3.8, 4) is 5.75 Å². The molecule has 0 N–H and O–H groups in total. The van der Waals surface area contributed by atoms with Crippen LogP contribution in [-0.2, 0) is 6.54 Å². The van der Waals surface area contributed by atoms with Gasteiger partial charge in [-0.25, -0.2) is 0 Å². The van der Waals surface area contributed by atoms with Crippen molar-refractivity contribution in [2.45, 2.75) is 6.54 Å². The minimum atomic E-state index is 0.521. The minimum Gasteiger partial charge on any atom is -0.497 e. The van der Waals surface area contributed by atoms with Gasteiger partial charge in [0, 0.05) is 29.2 Å². The first-order valence-corrected chi connectivity index (χ1v) is 7.44. The van der Waals surface area contributed by atoms with E-state index in [-0.39, 0.29) is 0 Å². The van der Waals surface area contributed by atoms with Gasteiger partial charge in [0.15, 0.2) is 6.29 Å². The fourth-order valence-electron chi connectivity index (χ4n) is 2.49. The Balaban J connectivity index is 2.06. The van der Waals surface area contributed by atoms with Crippen molar-refractivity contribution in [3.63, 3.8) is 0 Å². The number of hydrogen-bond donors (Lipinski definition) is 0. The molecule has 112 valence electrons. The Labute approximate surface area is 138 Å². The molecule has 5 heteroatoms. The summed E-state index contributed by atoms with van der Waals surface area (Å²) in [6, 6.07) is 11.2. The van der Waals surface area contributed by atoms with Crippen LogP contribution in [0, 0.1) is 0 Å². The summed E-state index contributed by atoms with van der Waals surface area (Å²) in [5.74, 6) is 0.725. The van der Waals surface area contributed by atoms with Gasteiger partial charge in [-0.3, -0.25) is 4.79 Å². The van der Waals surface area contributed by atoms with Crippen LogP contribution < -0.4 is 4.74 Å². The lowest BCUT2D eigenvalue weighted by Crippen LogP contribution is -1.98. The Kier molecular flexibility index (Phi) is 4.10. The van der Waals surface area contributed by atoms with E-state index in [1.165, 1.54) is 0 Å². The van der Waals surface area contributed by atoms with Crippen molar-refractivity contribution in [2.24, 2.45) is 0 Å². The number of fused-ring (bicyclic) bond motifs is 1. The topological polar surface area (TPSA) is 31.2 Å². The maximum Gasteiger partial charge on any atom is 0.152 e. The summed E-state index contributed by atoms with van der Waals surface area (Å²) in [6.45, 7) is 0.605.